The molecular weight excluding hydrogens is 494 g/mol. The molecule has 0 unspecified atom stereocenters. The topological polar surface area (TPSA) is 137 Å². The molecule has 4 N–H and O–H groups in total. The van der Waals surface area contributed by atoms with Gasteiger partial charge in [-0.15, -0.1) is 0 Å². The van der Waals surface area contributed by atoms with E-state index in [1.54, 1.807) is 16.4 Å². The fourth-order valence-electron chi connectivity index (χ4n) is 4.34. The molecule has 3 heterocycles. The van der Waals surface area contributed by atoms with Crippen LogP contribution in [0.25, 0.3) is 0 Å². The molecule has 0 saturated carbocycles. The second kappa shape index (κ2) is 11.1. The van der Waals surface area contributed by atoms with Crippen molar-refractivity contribution < 1.29 is 17.6 Å². The van der Waals surface area contributed by atoms with Crippen LogP contribution in [-0.4, -0.2) is 93.2 Å². The van der Waals surface area contributed by atoms with Crippen molar-refractivity contribution in [2.75, 3.05) is 74.6 Å². The van der Waals surface area contributed by atoms with Gasteiger partial charge in [-0.3, -0.25) is 4.79 Å². The Hall–Kier alpha value is -2.38. The van der Waals surface area contributed by atoms with E-state index in [0.717, 1.165) is 31.6 Å². The molecule has 2 aromatic rings. The Morgan fingerprint density at radius 3 is 2.57 bits per heavy atom. The van der Waals surface area contributed by atoms with Crippen LogP contribution in [-0.2, 0) is 10.0 Å². The summed E-state index contributed by atoms with van der Waals surface area (Å²) in [6, 6.07) is 5.60. The first-order valence-electron chi connectivity index (χ1n) is 11.7. The van der Waals surface area contributed by atoms with Crippen LogP contribution in [0.3, 0.4) is 0 Å². The van der Waals surface area contributed by atoms with Crippen molar-refractivity contribution in [2.45, 2.75) is 18.9 Å². The summed E-state index contributed by atoms with van der Waals surface area (Å²) in [5.41, 5.74) is 6.74. The Kier molecular flexibility index (Phi) is 8.17. The van der Waals surface area contributed by atoms with E-state index >= 15 is 0 Å². The number of oxazole rings is 1. The number of halogens is 1. The van der Waals surface area contributed by atoms with Gasteiger partial charge in [0.25, 0.3) is 11.9 Å². The zero-order valence-electron chi connectivity index (χ0n) is 19.7. The number of hydrogen-bond acceptors (Lipinski definition) is 9. The van der Waals surface area contributed by atoms with Crippen molar-refractivity contribution in [3.63, 3.8) is 0 Å². The standard InChI is InChI=1S/C22H32ClN7O4S/c1-28-7-4-16(5-8-28)25-6-13-35(32,33)30-11-9-29(10-12-30)17-2-3-18(23)19(14-17)26-21(31)20-15-34-22(24)27-20/h2-3,14-16,25H,4-13H2,1H3,(H2,24,27)(H,26,31). The average Bonchev–Trinajstić information content (AvgIpc) is 3.28. The number of nitrogens with zero attached hydrogens (tertiary/aromatic N) is 4. The summed E-state index contributed by atoms with van der Waals surface area (Å²) in [6.45, 7) is 4.42. The number of aromatic nitrogens is 1. The Bertz CT molecular complexity index is 1130. The largest absolute Gasteiger partial charge is 0.431 e. The van der Waals surface area contributed by atoms with Crippen molar-refractivity contribution in [3.05, 3.63) is 35.2 Å². The van der Waals surface area contributed by atoms with E-state index in [4.69, 9.17) is 21.8 Å². The van der Waals surface area contributed by atoms with Gasteiger partial charge in [-0.2, -0.15) is 9.29 Å². The minimum atomic E-state index is -3.33. The van der Waals surface area contributed by atoms with Gasteiger partial charge in [-0.05, 0) is 51.2 Å². The minimum Gasteiger partial charge on any atom is -0.431 e. The van der Waals surface area contributed by atoms with E-state index in [2.05, 4.69) is 32.5 Å². The van der Waals surface area contributed by atoms with Crippen LogP contribution in [0.15, 0.2) is 28.9 Å². The van der Waals surface area contributed by atoms with Crippen molar-refractivity contribution >= 4 is 44.9 Å². The molecule has 2 fully saturated rings. The van der Waals surface area contributed by atoms with Crippen molar-refractivity contribution in [1.82, 2.24) is 19.5 Å². The monoisotopic (exact) mass is 525 g/mol. The third-order valence-corrected chi connectivity index (χ3v) is 8.66. The highest BCUT2D eigenvalue weighted by Crippen LogP contribution is 2.29. The molecule has 2 saturated heterocycles. The summed E-state index contributed by atoms with van der Waals surface area (Å²) < 4.78 is 32.1. The summed E-state index contributed by atoms with van der Waals surface area (Å²) in [4.78, 5) is 20.6. The maximum atomic E-state index is 12.9. The predicted octanol–water partition coefficient (Wildman–Crippen LogP) is 1.30. The number of hydrogen-bond donors (Lipinski definition) is 3. The van der Waals surface area contributed by atoms with Gasteiger partial charge in [-0.25, -0.2) is 8.42 Å². The second-order valence-electron chi connectivity index (χ2n) is 8.92. The molecule has 4 rings (SSSR count). The summed E-state index contributed by atoms with van der Waals surface area (Å²) >= 11 is 6.27. The first kappa shape index (κ1) is 25.7. The van der Waals surface area contributed by atoms with E-state index in [1.807, 2.05) is 6.07 Å². The van der Waals surface area contributed by atoms with Gasteiger partial charge in [0.1, 0.15) is 6.26 Å². The lowest BCUT2D eigenvalue weighted by Gasteiger charge is -2.36. The Balaban J connectivity index is 1.29. The van der Waals surface area contributed by atoms with Crippen LogP contribution in [0, 0.1) is 0 Å². The number of carbonyl (C=O) groups excluding carboxylic acids is 1. The number of likely N-dealkylation sites (tertiary alicyclic amines) is 1. The van der Waals surface area contributed by atoms with Gasteiger partial charge < -0.3 is 30.6 Å². The van der Waals surface area contributed by atoms with Crippen LogP contribution in [0.5, 0.6) is 0 Å². The lowest BCUT2D eigenvalue weighted by molar-refractivity contribution is 0.102. The third-order valence-electron chi connectivity index (χ3n) is 6.46. The molecule has 1 amide bonds. The van der Waals surface area contributed by atoms with Gasteiger partial charge in [0.2, 0.25) is 10.0 Å². The molecule has 1 aromatic carbocycles. The Morgan fingerprint density at radius 2 is 1.91 bits per heavy atom. The molecule has 0 bridgehead atoms. The maximum absolute atomic E-state index is 12.9. The number of rotatable bonds is 8. The molecule has 2 aliphatic rings. The van der Waals surface area contributed by atoms with E-state index in [1.165, 1.54) is 6.26 Å². The molecule has 11 nitrogen and oxygen atoms in total. The third kappa shape index (κ3) is 6.64. The molecule has 13 heteroatoms. The van der Waals surface area contributed by atoms with Crippen LogP contribution in [0.2, 0.25) is 5.02 Å². The number of sulfonamides is 1. The number of nitrogens with two attached hydrogens (primary N) is 1. The van der Waals surface area contributed by atoms with Crippen molar-refractivity contribution in [1.29, 1.82) is 0 Å². The number of benzene rings is 1. The number of anilines is 3. The zero-order valence-corrected chi connectivity index (χ0v) is 21.3. The number of nitrogens with one attached hydrogen (secondary N) is 2. The van der Waals surface area contributed by atoms with E-state index in [9.17, 15) is 13.2 Å². The number of carbonyl (C=O) groups is 1. The van der Waals surface area contributed by atoms with Crippen LogP contribution >= 0.6 is 11.6 Å². The number of amides is 1. The van der Waals surface area contributed by atoms with Crippen LogP contribution in [0.1, 0.15) is 23.3 Å². The van der Waals surface area contributed by atoms with E-state index in [0.29, 0.717) is 49.5 Å². The Labute approximate surface area is 210 Å². The molecule has 0 atom stereocenters. The van der Waals surface area contributed by atoms with Gasteiger partial charge >= 0.3 is 0 Å². The van der Waals surface area contributed by atoms with Gasteiger partial charge in [0.15, 0.2) is 5.69 Å². The lowest BCUT2D eigenvalue weighted by Crippen LogP contribution is -2.50. The van der Waals surface area contributed by atoms with Crippen molar-refractivity contribution in [2.24, 2.45) is 0 Å². The van der Waals surface area contributed by atoms with Crippen molar-refractivity contribution in [3.8, 4) is 0 Å². The zero-order chi connectivity index (χ0) is 25.0. The average molecular weight is 526 g/mol. The summed E-state index contributed by atoms with van der Waals surface area (Å²) in [7, 11) is -1.22. The van der Waals surface area contributed by atoms with Crippen LogP contribution < -0.4 is 21.3 Å². The quantitative estimate of drug-likeness (QED) is 0.465. The summed E-state index contributed by atoms with van der Waals surface area (Å²) in [5, 5.41) is 6.49. The molecule has 0 aliphatic carbocycles. The first-order chi connectivity index (χ1) is 16.7. The second-order valence-corrected chi connectivity index (χ2v) is 11.4. The molecular formula is C22H32ClN7O4S. The molecule has 0 spiro atoms. The molecule has 192 valence electrons. The molecule has 0 radical (unpaired) electrons. The summed E-state index contributed by atoms with van der Waals surface area (Å²) in [6.07, 6.45) is 3.27. The fourth-order valence-corrected chi connectivity index (χ4v) is 5.86. The van der Waals surface area contributed by atoms with E-state index in [-0.39, 0.29) is 17.5 Å². The van der Waals surface area contributed by atoms with Gasteiger partial charge in [0.05, 0.1) is 16.5 Å². The SMILES string of the molecule is CN1CCC(NCCS(=O)(=O)N2CCN(c3ccc(Cl)c(NC(=O)c4coc(N)n4)c3)CC2)CC1. The van der Waals surface area contributed by atoms with E-state index < -0.39 is 15.9 Å². The summed E-state index contributed by atoms with van der Waals surface area (Å²) in [5.74, 6) is -0.391. The normalized spacial score (nSPS) is 18.6. The number of nitrogen functional groups attached to an aromatic ring is 1. The minimum absolute atomic E-state index is 0.0492. The lowest BCUT2D eigenvalue weighted by atomic mass is 10.1. The number of piperazine rings is 1. The van der Waals surface area contributed by atoms with Crippen LogP contribution in [0.4, 0.5) is 17.4 Å². The molecule has 1 aromatic heterocycles. The fraction of sp³-hybridized carbons (Fsp3) is 0.545. The highest BCUT2D eigenvalue weighted by atomic mass is 35.5. The first-order valence-corrected chi connectivity index (χ1v) is 13.7. The predicted molar refractivity (Wildman–Crippen MR) is 136 cm³/mol. The maximum Gasteiger partial charge on any atom is 0.292 e. The molecule has 35 heavy (non-hydrogen) atoms. The number of piperidine rings is 1. The highest BCUT2D eigenvalue weighted by Gasteiger charge is 2.27. The smallest absolute Gasteiger partial charge is 0.292 e. The van der Waals surface area contributed by atoms with Gasteiger partial charge in [0, 0.05) is 44.5 Å². The molecule has 2 aliphatic heterocycles. The Morgan fingerprint density at radius 1 is 1.20 bits per heavy atom. The highest BCUT2D eigenvalue weighted by molar-refractivity contribution is 7.89. The van der Waals surface area contributed by atoms with Gasteiger partial charge in [-0.1, -0.05) is 11.6 Å².